The number of amides is 3. The van der Waals surface area contributed by atoms with E-state index in [1.807, 2.05) is 0 Å². The third-order valence-electron chi connectivity index (χ3n) is 3.68. The van der Waals surface area contributed by atoms with Crippen LogP contribution >= 0.6 is 0 Å². The monoisotopic (exact) mass is 277 g/mol. The normalized spacial score (nSPS) is 21.9. The Morgan fingerprint density at radius 3 is 2.75 bits per heavy atom. The van der Waals surface area contributed by atoms with Crippen LogP contribution in [-0.4, -0.2) is 28.7 Å². The van der Waals surface area contributed by atoms with E-state index in [0.29, 0.717) is 0 Å². The highest BCUT2D eigenvalue weighted by atomic mass is 19.1. The van der Waals surface area contributed by atoms with Crippen molar-refractivity contribution < 1.29 is 18.8 Å². The molecule has 0 saturated carbocycles. The van der Waals surface area contributed by atoms with Crippen LogP contribution in [0.25, 0.3) is 0 Å². The van der Waals surface area contributed by atoms with E-state index in [9.17, 15) is 18.8 Å². The fourth-order valence-corrected chi connectivity index (χ4v) is 2.62. The summed E-state index contributed by atoms with van der Waals surface area (Å²) in [6.07, 6.45) is 0.419. The second-order valence-electron chi connectivity index (χ2n) is 4.89. The van der Waals surface area contributed by atoms with Crippen LogP contribution in [0.4, 0.5) is 10.1 Å². The summed E-state index contributed by atoms with van der Waals surface area (Å²) in [6.45, 7) is -0.00266. The average Bonchev–Trinajstić information content (AvgIpc) is 2.72. The van der Waals surface area contributed by atoms with E-state index in [-0.39, 0.29) is 42.1 Å². The number of benzene rings is 1. The summed E-state index contributed by atoms with van der Waals surface area (Å²) >= 11 is 0. The third-order valence-corrected chi connectivity index (χ3v) is 3.68. The summed E-state index contributed by atoms with van der Waals surface area (Å²) < 4.78 is 13.9. The number of fused-ring (bicyclic) bond motifs is 1. The number of hydrogen-bond acceptors (Lipinski definition) is 4. The molecule has 3 N–H and O–H groups in total. The molecule has 104 valence electrons. The van der Waals surface area contributed by atoms with Crippen LogP contribution in [0.2, 0.25) is 0 Å². The van der Waals surface area contributed by atoms with Crippen molar-refractivity contribution in [3.8, 4) is 0 Å². The van der Waals surface area contributed by atoms with Crippen molar-refractivity contribution in [2.24, 2.45) is 0 Å². The van der Waals surface area contributed by atoms with Gasteiger partial charge < -0.3 is 10.6 Å². The van der Waals surface area contributed by atoms with E-state index in [4.69, 9.17) is 5.73 Å². The van der Waals surface area contributed by atoms with Crippen molar-refractivity contribution in [1.82, 2.24) is 10.2 Å². The van der Waals surface area contributed by atoms with Gasteiger partial charge in [0.05, 0.1) is 12.2 Å². The summed E-state index contributed by atoms with van der Waals surface area (Å²) in [4.78, 5) is 36.4. The Balaban J connectivity index is 1.92. The highest BCUT2D eigenvalue weighted by Gasteiger charge is 2.40. The molecule has 1 aromatic rings. The van der Waals surface area contributed by atoms with E-state index in [0.717, 1.165) is 0 Å². The van der Waals surface area contributed by atoms with E-state index in [1.54, 1.807) is 0 Å². The van der Waals surface area contributed by atoms with Gasteiger partial charge in [-0.25, -0.2) is 4.39 Å². The number of piperidine rings is 1. The van der Waals surface area contributed by atoms with Crippen LogP contribution < -0.4 is 11.1 Å². The van der Waals surface area contributed by atoms with E-state index in [2.05, 4.69) is 5.32 Å². The van der Waals surface area contributed by atoms with Crippen molar-refractivity contribution in [3.05, 3.63) is 29.1 Å². The SMILES string of the molecule is Nc1ccc2c(c1F)CN(C1CCC(=O)NC1=O)C2=O. The van der Waals surface area contributed by atoms with Crippen molar-refractivity contribution in [3.63, 3.8) is 0 Å². The van der Waals surface area contributed by atoms with Crippen LogP contribution in [0.3, 0.4) is 0 Å². The third kappa shape index (κ3) is 1.74. The van der Waals surface area contributed by atoms with Gasteiger partial charge in [-0.3, -0.25) is 19.7 Å². The van der Waals surface area contributed by atoms with Crippen molar-refractivity contribution in [2.45, 2.75) is 25.4 Å². The van der Waals surface area contributed by atoms with Gasteiger partial charge in [0.15, 0.2) is 5.82 Å². The summed E-state index contributed by atoms with van der Waals surface area (Å²) in [6, 6.07) is 2.05. The topological polar surface area (TPSA) is 92.5 Å². The Morgan fingerprint density at radius 1 is 1.30 bits per heavy atom. The molecule has 0 radical (unpaired) electrons. The lowest BCUT2D eigenvalue weighted by atomic mass is 10.0. The molecular formula is C13H12FN3O3. The lowest BCUT2D eigenvalue weighted by molar-refractivity contribution is -0.136. The lowest BCUT2D eigenvalue weighted by Crippen LogP contribution is -2.52. The zero-order valence-corrected chi connectivity index (χ0v) is 10.5. The summed E-state index contributed by atoms with van der Waals surface area (Å²) in [7, 11) is 0. The zero-order chi connectivity index (χ0) is 14.4. The fraction of sp³-hybridized carbons (Fsp3) is 0.308. The quantitative estimate of drug-likeness (QED) is 0.565. The Bertz CT molecular complexity index is 644. The molecule has 1 fully saturated rings. The fourth-order valence-electron chi connectivity index (χ4n) is 2.62. The summed E-state index contributed by atoms with van der Waals surface area (Å²) in [5, 5.41) is 2.19. The molecule has 0 aromatic heterocycles. The maximum absolute atomic E-state index is 13.9. The molecule has 1 saturated heterocycles. The minimum atomic E-state index is -0.742. The number of imide groups is 1. The molecule has 2 aliphatic rings. The van der Waals surface area contributed by atoms with Gasteiger partial charge in [0.1, 0.15) is 6.04 Å². The molecule has 3 rings (SSSR count). The summed E-state index contributed by atoms with van der Waals surface area (Å²) in [5.41, 5.74) is 5.88. The predicted molar refractivity (Wildman–Crippen MR) is 66.9 cm³/mol. The molecular weight excluding hydrogens is 265 g/mol. The van der Waals surface area contributed by atoms with Crippen LogP contribution in [0, 0.1) is 5.82 Å². The van der Waals surface area contributed by atoms with Crippen LogP contribution in [0.1, 0.15) is 28.8 Å². The smallest absolute Gasteiger partial charge is 0.255 e. The van der Waals surface area contributed by atoms with Gasteiger partial charge >= 0.3 is 0 Å². The molecule has 1 aromatic carbocycles. The highest BCUT2D eigenvalue weighted by Crippen LogP contribution is 2.31. The molecule has 0 bridgehead atoms. The molecule has 0 aliphatic carbocycles. The Hall–Kier alpha value is -2.44. The first-order chi connectivity index (χ1) is 9.49. The van der Waals surface area contributed by atoms with E-state index in [1.165, 1.54) is 17.0 Å². The lowest BCUT2D eigenvalue weighted by Gasteiger charge is -2.29. The van der Waals surface area contributed by atoms with Crippen LogP contribution in [0.5, 0.6) is 0 Å². The number of nitrogens with two attached hydrogens (primary N) is 1. The number of halogens is 1. The first-order valence-corrected chi connectivity index (χ1v) is 6.20. The molecule has 3 amide bonds. The van der Waals surface area contributed by atoms with E-state index < -0.39 is 23.7 Å². The maximum atomic E-state index is 13.9. The number of carbonyl (C=O) groups excluding carboxylic acids is 3. The Kier molecular flexibility index (Phi) is 2.70. The second-order valence-corrected chi connectivity index (χ2v) is 4.89. The van der Waals surface area contributed by atoms with Crippen molar-refractivity contribution >= 4 is 23.4 Å². The number of anilines is 1. The van der Waals surface area contributed by atoms with Gasteiger partial charge in [0.2, 0.25) is 11.8 Å². The second kappa shape index (κ2) is 4.29. The predicted octanol–water partition coefficient (Wildman–Crippen LogP) is 0.169. The molecule has 2 aliphatic heterocycles. The van der Waals surface area contributed by atoms with Crippen molar-refractivity contribution in [1.29, 1.82) is 0 Å². The number of nitrogens with one attached hydrogen (secondary N) is 1. The molecule has 7 heteroatoms. The molecule has 6 nitrogen and oxygen atoms in total. The van der Waals surface area contributed by atoms with E-state index >= 15 is 0 Å². The Morgan fingerprint density at radius 2 is 2.05 bits per heavy atom. The minimum absolute atomic E-state index is 0.00266. The van der Waals surface area contributed by atoms with Gasteiger partial charge in [-0.15, -0.1) is 0 Å². The molecule has 1 atom stereocenters. The Labute approximate surface area is 113 Å². The first kappa shape index (κ1) is 12.6. The largest absolute Gasteiger partial charge is 0.396 e. The molecule has 0 spiro atoms. The number of nitrogen functional groups attached to an aromatic ring is 1. The molecule has 2 heterocycles. The average molecular weight is 277 g/mol. The van der Waals surface area contributed by atoms with Crippen molar-refractivity contribution in [2.75, 3.05) is 5.73 Å². The summed E-state index contributed by atoms with van der Waals surface area (Å²) in [5.74, 6) is -1.90. The molecule has 1 unspecified atom stereocenters. The number of nitrogens with zero attached hydrogens (tertiary/aromatic N) is 1. The van der Waals surface area contributed by atoms with Gasteiger partial charge in [-0.05, 0) is 18.6 Å². The van der Waals surface area contributed by atoms with Gasteiger partial charge in [0, 0.05) is 17.5 Å². The van der Waals surface area contributed by atoms with Crippen LogP contribution in [0.15, 0.2) is 12.1 Å². The molecule has 20 heavy (non-hydrogen) atoms. The standard InChI is InChI=1S/C13H12FN3O3/c14-11-7-5-17(9-3-4-10(18)16-12(9)19)13(20)6(7)1-2-8(11)15/h1-2,9H,3-5,15H2,(H,16,18,19). The highest BCUT2D eigenvalue weighted by molar-refractivity contribution is 6.05. The van der Waals surface area contributed by atoms with Gasteiger partial charge in [-0.1, -0.05) is 0 Å². The number of carbonyl (C=O) groups is 3. The maximum Gasteiger partial charge on any atom is 0.255 e. The minimum Gasteiger partial charge on any atom is -0.396 e. The zero-order valence-electron chi connectivity index (χ0n) is 10.5. The first-order valence-electron chi connectivity index (χ1n) is 6.20. The van der Waals surface area contributed by atoms with Gasteiger partial charge in [-0.2, -0.15) is 0 Å². The van der Waals surface area contributed by atoms with Crippen LogP contribution in [-0.2, 0) is 16.1 Å². The number of hydrogen-bond donors (Lipinski definition) is 2. The number of rotatable bonds is 1. The van der Waals surface area contributed by atoms with Gasteiger partial charge in [0.25, 0.3) is 5.91 Å².